The highest BCUT2D eigenvalue weighted by Gasteiger charge is 2.12. The van der Waals surface area contributed by atoms with Crippen molar-refractivity contribution in [1.82, 2.24) is 9.88 Å². The molecule has 1 aromatic rings. The van der Waals surface area contributed by atoms with Gasteiger partial charge in [0.2, 0.25) is 5.91 Å². The van der Waals surface area contributed by atoms with Gasteiger partial charge in [-0.2, -0.15) is 0 Å². The maximum Gasteiger partial charge on any atom is 0.222 e. The van der Waals surface area contributed by atoms with Crippen LogP contribution in [0.4, 0.5) is 0 Å². The first-order valence-corrected chi connectivity index (χ1v) is 5.48. The number of aryl methyl sites for hydroxylation is 1. The molecule has 0 spiro atoms. The number of carbonyl (C=O) groups excluding carboxylic acids is 2. The number of nitrogens with zero attached hydrogens (tertiary/aromatic N) is 2. The molecule has 1 heterocycles. The third kappa shape index (κ3) is 3.43. The van der Waals surface area contributed by atoms with Crippen molar-refractivity contribution in [3.05, 3.63) is 16.1 Å². The normalized spacial score (nSPS) is 10.1. The van der Waals surface area contributed by atoms with E-state index in [-0.39, 0.29) is 24.5 Å². The molecule has 0 aliphatic heterocycles. The van der Waals surface area contributed by atoms with Gasteiger partial charge in [0.25, 0.3) is 0 Å². The van der Waals surface area contributed by atoms with Gasteiger partial charge < -0.3 is 4.90 Å². The van der Waals surface area contributed by atoms with Gasteiger partial charge >= 0.3 is 0 Å². The van der Waals surface area contributed by atoms with Crippen LogP contribution in [0.15, 0.2) is 6.20 Å². The van der Waals surface area contributed by atoms with E-state index in [4.69, 9.17) is 0 Å². The van der Waals surface area contributed by atoms with E-state index in [1.54, 1.807) is 20.3 Å². The average Bonchev–Trinajstić information content (AvgIpc) is 2.60. The predicted molar refractivity (Wildman–Crippen MR) is 59.1 cm³/mol. The summed E-state index contributed by atoms with van der Waals surface area (Å²) in [5.41, 5.74) is 0. The highest BCUT2D eigenvalue weighted by Crippen LogP contribution is 2.14. The van der Waals surface area contributed by atoms with E-state index in [0.717, 1.165) is 4.88 Å². The van der Waals surface area contributed by atoms with Gasteiger partial charge in [-0.3, -0.25) is 9.59 Å². The Morgan fingerprint density at radius 1 is 1.40 bits per heavy atom. The lowest BCUT2D eigenvalue weighted by atomic mass is 10.2. The Morgan fingerprint density at radius 2 is 2.07 bits per heavy atom. The van der Waals surface area contributed by atoms with Crippen molar-refractivity contribution in [3.8, 4) is 0 Å². The minimum atomic E-state index is -0.0525. The Hall–Kier alpha value is -1.23. The van der Waals surface area contributed by atoms with E-state index < -0.39 is 0 Å². The van der Waals surface area contributed by atoms with E-state index in [1.165, 1.54) is 16.2 Å². The van der Waals surface area contributed by atoms with Gasteiger partial charge in [0.1, 0.15) is 0 Å². The Morgan fingerprint density at radius 3 is 2.53 bits per heavy atom. The third-order valence-electron chi connectivity index (χ3n) is 1.92. The summed E-state index contributed by atoms with van der Waals surface area (Å²) in [5, 5.41) is 0.499. The predicted octanol–water partition coefficient (Wildman–Crippen LogP) is 1.50. The zero-order chi connectivity index (χ0) is 11.4. The van der Waals surface area contributed by atoms with Crippen molar-refractivity contribution in [2.24, 2.45) is 0 Å². The molecular weight excluding hydrogens is 212 g/mol. The van der Waals surface area contributed by atoms with Crippen LogP contribution in [0.2, 0.25) is 0 Å². The minimum absolute atomic E-state index is 0.0309. The van der Waals surface area contributed by atoms with Crippen LogP contribution < -0.4 is 0 Å². The fourth-order valence-electron chi connectivity index (χ4n) is 1.03. The summed E-state index contributed by atoms with van der Waals surface area (Å²) in [6.07, 6.45) is 2.17. The van der Waals surface area contributed by atoms with Crippen LogP contribution in [-0.2, 0) is 4.79 Å². The number of aromatic nitrogens is 1. The van der Waals surface area contributed by atoms with Gasteiger partial charge in [0, 0.05) is 38.0 Å². The van der Waals surface area contributed by atoms with Gasteiger partial charge in [0.15, 0.2) is 10.8 Å². The lowest BCUT2D eigenvalue weighted by Crippen LogP contribution is -2.22. The van der Waals surface area contributed by atoms with Gasteiger partial charge in [-0.05, 0) is 6.92 Å². The maximum absolute atomic E-state index is 11.6. The van der Waals surface area contributed by atoms with Gasteiger partial charge in [-0.1, -0.05) is 0 Å². The molecule has 0 saturated heterocycles. The molecule has 1 aromatic heterocycles. The Kier molecular flexibility index (Phi) is 3.96. The standard InChI is InChI=1S/C10H14N2O2S/c1-7-6-11-10(15-7)8(13)4-5-9(14)12(2)3/h6H,4-5H2,1-3H3. The monoisotopic (exact) mass is 226 g/mol. The smallest absolute Gasteiger partial charge is 0.222 e. The molecule has 0 atom stereocenters. The molecule has 0 aromatic carbocycles. The number of rotatable bonds is 4. The van der Waals surface area contributed by atoms with Crippen LogP contribution in [-0.4, -0.2) is 35.7 Å². The number of hydrogen-bond acceptors (Lipinski definition) is 4. The molecule has 0 fully saturated rings. The SMILES string of the molecule is Cc1cnc(C(=O)CCC(=O)N(C)C)s1. The van der Waals surface area contributed by atoms with Crippen molar-refractivity contribution in [2.75, 3.05) is 14.1 Å². The largest absolute Gasteiger partial charge is 0.349 e. The van der Waals surface area contributed by atoms with Crippen molar-refractivity contribution in [2.45, 2.75) is 19.8 Å². The molecule has 0 aliphatic carbocycles. The van der Waals surface area contributed by atoms with Crippen molar-refractivity contribution in [3.63, 3.8) is 0 Å². The van der Waals surface area contributed by atoms with Crippen molar-refractivity contribution in [1.29, 1.82) is 0 Å². The number of hydrogen-bond donors (Lipinski definition) is 0. The topological polar surface area (TPSA) is 50.3 Å². The molecule has 4 nitrogen and oxygen atoms in total. The molecule has 82 valence electrons. The Bertz CT molecular complexity index is 371. The summed E-state index contributed by atoms with van der Waals surface area (Å²) >= 11 is 1.37. The van der Waals surface area contributed by atoms with Gasteiger partial charge in [-0.15, -0.1) is 11.3 Å². The van der Waals surface area contributed by atoms with E-state index in [2.05, 4.69) is 4.98 Å². The fraction of sp³-hybridized carbons (Fsp3) is 0.500. The summed E-state index contributed by atoms with van der Waals surface area (Å²) < 4.78 is 0. The summed E-state index contributed by atoms with van der Waals surface area (Å²) in [4.78, 5) is 29.3. The fourth-order valence-corrected chi connectivity index (χ4v) is 1.77. The van der Waals surface area contributed by atoms with Crippen LogP contribution in [0.1, 0.15) is 27.5 Å². The van der Waals surface area contributed by atoms with Crippen LogP contribution in [0, 0.1) is 6.92 Å². The lowest BCUT2D eigenvalue weighted by Gasteiger charge is -2.08. The number of Topliss-reactive ketones (excluding diaryl/α,β-unsaturated/α-hetero) is 1. The molecule has 0 radical (unpaired) electrons. The maximum atomic E-state index is 11.6. The van der Waals surface area contributed by atoms with Crippen LogP contribution in [0.25, 0.3) is 0 Å². The molecule has 0 aliphatic rings. The van der Waals surface area contributed by atoms with Gasteiger partial charge in [-0.25, -0.2) is 4.98 Å². The second-order valence-corrected chi connectivity index (χ2v) is 4.72. The molecule has 5 heteroatoms. The second-order valence-electron chi connectivity index (χ2n) is 3.49. The van der Waals surface area contributed by atoms with E-state index >= 15 is 0 Å². The number of ketones is 1. The molecule has 15 heavy (non-hydrogen) atoms. The summed E-state index contributed by atoms with van der Waals surface area (Å²) in [5.74, 6) is -0.0834. The van der Waals surface area contributed by atoms with E-state index in [0.29, 0.717) is 5.01 Å². The second kappa shape index (κ2) is 5.02. The highest BCUT2D eigenvalue weighted by molar-refractivity contribution is 7.13. The Balaban J connectivity index is 2.47. The first kappa shape index (κ1) is 11.8. The molecular formula is C10H14N2O2S. The number of carbonyl (C=O) groups is 2. The molecule has 0 unspecified atom stereocenters. The molecule has 1 amide bonds. The zero-order valence-electron chi connectivity index (χ0n) is 9.11. The summed E-state index contributed by atoms with van der Waals surface area (Å²) in [7, 11) is 3.36. The van der Waals surface area contributed by atoms with Crippen LogP contribution in [0.5, 0.6) is 0 Å². The quantitative estimate of drug-likeness (QED) is 0.731. The Labute approximate surface area is 92.9 Å². The first-order valence-electron chi connectivity index (χ1n) is 4.66. The average molecular weight is 226 g/mol. The first-order chi connectivity index (χ1) is 7.00. The van der Waals surface area contributed by atoms with Crippen LogP contribution >= 0.6 is 11.3 Å². The minimum Gasteiger partial charge on any atom is -0.349 e. The van der Waals surface area contributed by atoms with Crippen molar-refractivity contribution >= 4 is 23.0 Å². The van der Waals surface area contributed by atoms with Crippen molar-refractivity contribution < 1.29 is 9.59 Å². The summed E-state index contributed by atoms with van der Waals surface area (Å²) in [6, 6.07) is 0. The van der Waals surface area contributed by atoms with Gasteiger partial charge in [0.05, 0.1) is 0 Å². The highest BCUT2D eigenvalue weighted by atomic mass is 32.1. The van der Waals surface area contributed by atoms with E-state index in [1.807, 2.05) is 6.92 Å². The van der Waals surface area contributed by atoms with Crippen LogP contribution in [0.3, 0.4) is 0 Å². The van der Waals surface area contributed by atoms with E-state index in [9.17, 15) is 9.59 Å². The lowest BCUT2D eigenvalue weighted by molar-refractivity contribution is -0.128. The zero-order valence-corrected chi connectivity index (χ0v) is 9.93. The number of amides is 1. The molecule has 0 bridgehead atoms. The molecule has 0 saturated carbocycles. The molecule has 1 rings (SSSR count). The third-order valence-corrected chi connectivity index (χ3v) is 2.88. The molecule has 0 N–H and O–H groups in total. The number of thiazole rings is 1. The summed E-state index contributed by atoms with van der Waals surface area (Å²) in [6.45, 7) is 1.90.